The van der Waals surface area contributed by atoms with Gasteiger partial charge in [-0.05, 0) is 24.5 Å². The molecule has 0 radical (unpaired) electrons. The smallest absolute Gasteiger partial charge is 0.433 e. The Hall–Kier alpha value is -1.37. The molecule has 0 spiro atoms. The van der Waals surface area contributed by atoms with Gasteiger partial charge in [-0.25, -0.2) is 4.98 Å². The normalized spacial score (nSPS) is 15.8. The Kier molecular flexibility index (Phi) is 4.47. The number of hydrogen-bond donors (Lipinski definition) is 1. The van der Waals surface area contributed by atoms with Crippen molar-refractivity contribution in [2.24, 2.45) is 11.7 Å². The predicted molar refractivity (Wildman–Crippen MR) is 72.6 cm³/mol. The monoisotopic (exact) mass is 304 g/mol. The summed E-state index contributed by atoms with van der Waals surface area (Å²) < 4.78 is 43.3. The molecule has 0 amide bonds. The number of pyridine rings is 1. The number of rotatable bonds is 5. The van der Waals surface area contributed by atoms with Gasteiger partial charge in [0, 0.05) is 0 Å². The molecular formula is C13H15F3N2OS. The second-order valence-corrected chi connectivity index (χ2v) is 5.29. The van der Waals surface area contributed by atoms with Crippen LogP contribution < -0.4 is 10.5 Å². The van der Waals surface area contributed by atoms with E-state index in [-0.39, 0.29) is 16.4 Å². The van der Waals surface area contributed by atoms with Crippen molar-refractivity contribution < 1.29 is 17.9 Å². The molecule has 1 aliphatic carbocycles. The minimum Gasteiger partial charge on any atom is -0.477 e. The maximum atomic E-state index is 12.6. The summed E-state index contributed by atoms with van der Waals surface area (Å²) in [6, 6.07) is 2.06. The van der Waals surface area contributed by atoms with Crippen LogP contribution in [0.4, 0.5) is 13.2 Å². The molecule has 0 atom stereocenters. The molecule has 110 valence electrons. The van der Waals surface area contributed by atoms with Gasteiger partial charge in [-0.2, -0.15) is 13.2 Å². The van der Waals surface area contributed by atoms with Crippen LogP contribution in [0, 0.1) is 5.92 Å². The molecule has 0 aromatic carbocycles. The number of ether oxygens (including phenoxy) is 1. The van der Waals surface area contributed by atoms with Crippen LogP contribution in [0.1, 0.15) is 36.9 Å². The lowest BCUT2D eigenvalue weighted by atomic mass is 9.83. The Bertz CT molecular complexity index is 501. The van der Waals surface area contributed by atoms with Gasteiger partial charge in [0.15, 0.2) is 0 Å². The number of nitrogens with two attached hydrogens (primary N) is 1. The van der Waals surface area contributed by atoms with Gasteiger partial charge in [-0.15, -0.1) is 0 Å². The fraction of sp³-hybridized carbons (Fsp3) is 0.538. The van der Waals surface area contributed by atoms with Gasteiger partial charge < -0.3 is 10.5 Å². The first kappa shape index (κ1) is 15.0. The molecule has 3 nitrogen and oxygen atoms in total. The standard InChI is InChI=1S/C13H15F3N2OS/c14-13(15,16)10-5-4-9(11(17)20)12(18-10)19-7-6-8-2-1-3-8/h4-5,8H,1-3,6-7H2,(H2,17,20). The van der Waals surface area contributed by atoms with E-state index in [1.54, 1.807) is 0 Å². The average molecular weight is 304 g/mol. The largest absolute Gasteiger partial charge is 0.477 e. The fourth-order valence-electron chi connectivity index (χ4n) is 2.00. The van der Waals surface area contributed by atoms with Crippen molar-refractivity contribution in [3.63, 3.8) is 0 Å². The van der Waals surface area contributed by atoms with Crippen LogP contribution in [0.25, 0.3) is 0 Å². The predicted octanol–water partition coefficient (Wildman–Crippen LogP) is 3.30. The first-order valence-corrected chi connectivity index (χ1v) is 6.79. The van der Waals surface area contributed by atoms with E-state index >= 15 is 0 Å². The summed E-state index contributed by atoms with van der Waals surface area (Å²) in [4.78, 5) is 3.47. The number of halogens is 3. The topological polar surface area (TPSA) is 48.1 Å². The van der Waals surface area contributed by atoms with E-state index in [1.165, 1.54) is 12.5 Å². The molecule has 2 N–H and O–H groups in total. The Morgan fingerprint density at radius 2 is 2.10 bits per heavy atom. The number of aromatic nitrogens is 1. The van der Waals surface area contributed by atoms with Gasteiger partial charge >= 0.3 is 6.18 Å². The van der Waals surface area contributed by atoms with Crippen molar-refractivity contribution in [1.29, 1.82) is 0 Å². The highest BCUT2D eigenvalue weighted by Crippen LogP contribution is 2.31. The summed E-state index contributed by atoms with van der Waals surface area (Å²) in [5, 5.41) is 0. The van der Waals surface area contributed by atoms with Gasteiger partial charge in [0.25, 0.3) is 0 Å². The highest BCUT2D eigenvalue weighted by Gasteiger charge is 2.33. The van der Waals surface area contributed by atoms with E-state index in [0.29, 0.717) is 12.5 Å². The maximum Gasteiger partial charge on any atom is 0.433 e. The van der Waals surface area contributed by atoms with Crippen molar-refractivity contribution in [3.05, 3.63) is 23.4 Å². The Morgan fingerprint density at radius 3 is 2.60 bits per heavy atom. The first-order valence-electron chi connectivity index (χ1n) is 6.39. The summed E-state index contributed by atoms with van der Waals surface area (Å²) >= 11 is 4.80. The van der Waals surface area contributed by atoms with E-state index in [0.717, 1.165) is 25.3 Å². The molecule has 1 fully saturated rings. The molecule has 2 rings (SSSR count). The molecule has 1 aliphatic rings. The number of thiocarbonyl (C=S) groups is 1. The van der Waals surface area contributed by atoms with E-state index in [1.807, 2.05) is 0 Å². The highest BCUT2D eigenvalue weighted by atomic mass is 32.1. The molecule has 0 unspecified atom stereocenters. The zero-order valence-corrected chi connectivity index (χ0v) is 11.6. The van der Waals surface area contributed by atoms with Crippen molar-refractivity contribution in [1.82, 2.24) is 4.98 Å². The van der Waals surface area contributed by atoms with Crippen LogP contribution in [0.2, 0.25) is 0 Å². The third-order valence-electron chi connectivity index (χ3n) is 3.41. The number of hydrogen-bond acceptors (Lipinski definition) is 3. The summed E-state index contributed by atoms with van der Waals surface area (Å²) in [5.74, 6) is 0.473. The van der Waals surface area contributed by atoms with Gasteiger partial charge in [-0.3, -0.25) is 0 Å². The fourth-order valence-corrected chi connectivity index (χ4v) is 2.15. The summed E-state index contributed by atoms with van der Waals surface area (Å²) in [7, 11) is 0. The maximum absolute atomic E-state index is 12.6. The highest BCUT2D eigenvalue weighted by molar-refractivity contribution is 7.80. The first-order chi connectivity index (χ1) is 9.38. The van der Waals surface area contributed by atoms with Crippen LogP contribution in [0.5, 0.6) is 5.88 Å². The second kappa shape index (κ2) is 5.95. The van der Waals surface area contributed by atoms with E-state index in [4.69, 9.17) is 22.7 Å². The molecule has 0 bridgehead atoms. The molecule has 7 heteroatoms. The van der Waals surface area contributed by atoms with Gasteiger partial charge in [0.1, 0.15) is 10.7 Å². The minimum absolute atomic E-state index is 0.0233. The SMILES string of the molecule is NC(=S)c1ccc(C(F)(F)F)nc1OCCC1CCC1. The van der Waals surface area contributed by atoms with Crippen LogP contribution >= 0.6 is 12.2 Å². The zero-order valence-electron chi connectivity index (χ0n) is 10.7. The molecule has 1 heterocycles. The van der Waals surface area contributed by atoms with Crippen LogP contribution in [0.3, 0.4) is 0 Å². The van der Waals surface area contributed by atoms with E-state index in [2.05, 4.69) is 4.98 Å². The third kappa shape index (κ3) is 3.59. The molecule has 1 saturated carbocycles. The van der Waals surface area contributed by atoms with E-state index < -0.39 is 11.9 Å². The third-order valence-corrected chi connectivity index (χ3v) is 3.63. The van der Waals surface area contributed by atoms with Gasteiger partial charge in [0.2, 0.25) is 5.88 Å². The summed E-state index contributed by atoms with van der Waals surface area (Å²) in [6.07, 6.45) is -0.177. The average Bonchev–Trinajstić information content (AvgIpc) is 2.30. The molecule has 1 aromatic heterocycles. The number of alkyl halides is 3. The minimum atomic E-state index is -4.51. The summed E-state index contributed by atoms with van der Waals surface area (Å²) in [6.45, 7) is 0.328. The number of nitrogens with zero attached hydrogens (tertiary/aromatic N) is 1. The Balaban J connectivity index is 2.11. The molecule has 1 aromatic rings. The van der Waals surface area contributed by atoms with Gasteiger partial charge in [-0.1, -0.05) is 31.5 Å². The zero-order chi connectivity index (χ0) is 14.8. The lowest BCUT2D eigenvalue weighted by Crippen LogP contribution is -2.18. The lowest BCUT2D eigenvalue weighted by molar-refractivity contribution is -0.141. The summed E-state index contributed by atoms with van der Waals surface area (Å²) in [5.41, 5.74) is 4.71. The van der Waals surface area contributed by atoms with Crippen molar-refractivity contribution in [2.75, 3.05) is 6.61 Å². The van der Waals surface area contributed by atoms with Crippen molar-refractivity contribution >= 4 is 17.2 Å². The van der Waals surface area contributed by atoms with E-state index in [9.17, 15) is 13.2 Å². The molecule has 0 saturated heterocycles. The molecule has 20 heavy (non-hydrogen) atoms. The Labute approximate surface area is 120 Å². The van der Waals surface area contributed by atoms with Crippen molar-refractivity contribution in [3.8, 4) is 5.88 Å². The molecular weight excluding hydrogens is 289 g/mol. The van der Waals surface area contributed by atoms with Crippen LogP contribution in [-0.2, 0) is 6.18 Å². The second-order valence-electron chi connectivity index (χ2n) is 4.85. The quantitative estimate of drug-likeness (QED) is 0.848. The lowest BCUT2D eigenvalue weighted by Gasteiger charge is -2.25. The Morgan fingerprint density at radius 1 is 1.40 bits per heavy atom. The molecule has 0 aliphatic heterocycles. The van der Waals surface area contributed by atoms with Gasteiger partial charge in [0.05, 0.1) is 12.2 Å². The van der Waals surface area contributed by atoms with Crippen LogP contribution in [0.15, 0.2) is 12.1 Å². The van der Waals surface area contributed by atoms with Crippen LogP contribution in [-0.4, -0.2) is 16.6 Å². The van der Waals surface area contributed by atoms with Crippen molar-refractivity contribution in [2.45, 2.75) is 31.9 Å².